The summed E-state index contributed by atoms with van der Waals surface area (Å²) in [6.07, 6.45) is 1.74. The summed E-state index contributed by atoms with van der Waals surface area (Å²) in [4.78, 5) is 12.3. The predicted octanol–water partition coefficient (Wildman–Crippen LogP) is 2.00. The summed E-state index contributed by atoms with van der Waals surface area (Å²) < 4.78 is 1.59. The number of amides is 1. The zero-order valence-corrected chi connectivity index (χ0v) is 15.4. The maximum atomic E-state index is 12.3. The summed E-state index contributed by atoms with van der Waals surface area (Å²) in [6.45, 7) is 6.67. The van der Waals surface area contributed by atoms with E-state index in [1.165, 1.54) is 0 Å². The summed E-state index contributed by atoms with van der Waals surface area (Å²) >= 11 is 0. The molecule has 0 aliphatic heterocycles. The molecule has 21 heavy (non-hydrogen) atoms. The Balaban J connectivity index is 0.00000220. The molecular weight excluding hydrogens is 343 g/mol. The summed E-state index contributed by atoms with van der Waals surface area (Å²) in [5, 5.41) is 14.0. The Morgan fingerprint density at radius 2 is 2.19 bits per heavy atom. The first-order valence-corrected chi connectivity index (χ1v) is 6.75. The summed E-state index contributed by atoms with van der Waals surface area (Å²) in [7, 11) is 0. The molecular formula is C14H18N5OY-. The molecule has 0 atom stereocenters. The van der Waals surface area contributed by atoms with E-state index in [0.29, 0.717) is 18.1 Å². The van der Waals surface area contributed by atoms with Gasteiger partial charge >= 0.3 is 0 Å². The number of anilines is 1. The fraction of sp³-hybridized carbons (Fsp3) is 0.429. The summed E-state index contributed by atoms with van der Waals surface area (Å²) in [6, 6.07) is 6.68. The van der Waals surface area contributed by atoms with Gasteiger partial charge in [0.25, 0.3) is 0 Å². The molecule has 109 valence electrons. The molecule has 0 bridgehead atoms. The Kier molecular flexibility index (Phi) is 7.12. The molecule has 0 spiro atoms. The van der Waals surface area contributed by atoms with E-state index in [0.717, 1.165) is 24.0 Å². The molecule has 1 radical (unpaired) electrons. The van der Waals surface area contributed by atoms with Crippen LogP contribution < -0.4 is 5.32 Å². The van der Waals surface area contributed by atoms with E-state index in [9.17, 15) is 4.79 Å². The van der Waals surface area contributed by atoms with E-state index < -0.39 is 0 Å². The maximum absolute atomic E-state index is 12.3. The van der Waals surface area contributed by atoms with Crippen molar-refractivity contribution in [2.75, 3.05) is 5.32 Å². The second-order valence-corrected chi connectivity index (χ2v) is 4.53. The van der Waals surface area contributed by atoms with E-state index >= 15 is 0 Å². The van der Waals surface area contributed by atoms with Gasteiger partial charge in [0.15, 0.2) is 0 Å². The van der Waals surface area contributed by atoms with Gasteiger partial charge in [0.2, 0.25) is 11.9 Å². The number of carbonyl (C=O) groups is 1. The van der Waals surface area contributed by atoms with Crippen molar-refractivity contribution in [1.29, 1.82) is 0 Å². The van der Waals surface area contributed by atoms with Crippen molar-refractivity contribution in [1.82, 2.24) is 20.2 Å². The fourth-order valence-electron chi connectivity index (χ4n) is 2.06. The smallest absolute Gasteiger partial charge is 0.249 e. The number of tetrazole rings is 1. The van der Waals surface area contributed by atoms with Gasteiger partial charge in [-0.25, -0.2) is 4.68 Å². The molecule has 2 aromatic rings. The van der Waals surface area contributed by atoms with Crippen molar-refractivity contribution in [3.8, 4) is 0 Å². The number of aryl methyl sites for hydroxylation is 2. The molecule has 0 aliphatic carbocycles. The number of benzene rings is 1. The first-order valence-electron chi connectivity index (χ1n) is 6.75. The van der Waals surface area contributed by atoms with Crippen LogP contribution in [0.5, 0.6) is 0 Å². The first-order chi connectivity index (χ1) is 9.67. The standard InChI is InChI=1S/C14H18N5O.Y/c1-4-9-19-14(16-17-18-19)15-13(20)12-8-6-7-11(5-2)10(12)3;/h6,8H,4-5,9H2,1-3H3,(H,15,16,18,20);/q-1;. The third-order valence-corrected chi connectivity index (χ3v) is 3.16. The van der Waals surface area contributed by atoms with Gasteiger partial charge in [-0.3, -0.25) is 10.1 Å². The summed E-state index contributed by atoms with van der Waals surface area (Å²) in [5.74, 6) is 0.181. The van der Waals surface area contributed by atoms with Crippen molar-refractivity contribution < 1.29 is 37.5 Å². The maximum Gasteiger partial charge on any atom is 0.249 e. The van der Waals surface area contributed by atoms with Crippen molar-refractivity contribution in [3.05, 3.63) is 34.9 Å². The monoisotopic (exact) mass is 361 g/mol. The molecule has 1 aromatic carbocycles. The number of nitrogens with one attached hydrogen (secondary N) is 1. The normalized spacial score (nSPS) is 10.0. The minimum Gasteiger partial charge on any atom is -0.291 e. The second-order valence-electron chi connectivity index (χ2n) is 4.53. The molecule has 0 fully saturated rings. The van der Waals surface area contributed by atoms with E-state index in [1.54, 1.807) is 16.8 Å². The largest absolute Gasteiger partial charge is 0.291 e. The van der Waals surface area contributed by atoms with E-state index in [2.05, 4.69) is 26.9 Å². The molecule has 7 heteroatoms. The minimum atomic E-state index is -0.196. The van der Waals surface area contributed by atoms with Crippen molar-refractivity contribution in [2.24, 2.45) is 0 Å². The Bertz CT molecular complexity index is 611. The molecule has 1 aromatic heterocycles. The van der Waals surface area contributed by atoms with E-state index in [4.69, 9.17) is 0 Å². The van der Waals surface area contributed by atoms with Gasteiger partial charge in [-0.15, -0.1) is 5.56 Å². The van der Waals surface area contributed by atoms with Gasteiger partial charge in [-0.05, 0) is 16.8 Å². The average molecular weight is 361 g/mol. The number of nitrogens with zero attached hydrogens (tertiary/aromatic N) is 4. The second kappa shape index (κ2) is 8.34. The molecule has 0 saturated carbocycles. The zero-order valence-electron chi connectivity index (χ0n) is 12.6. The third kappa shape index (κ3) is 4.17. The van der Waals surface area contributed by atoms with Crippen LogP contribution in [-0.2, 0) is 45.7 Å². The van der Waals surface area contributed by atoms with Gasteiger partial charge in [0, 0.05) is 39.3 Å². The van der Waals surface area contributed by atoms with Gasteiger partial charge in [-0.2, -0.15) is 23.8 Å². The van der Waals surface area contributed by atoms with Crippen LogP contribution in [0.1, 0.15) is 41.8 Å². The molecule has 2 rings (SSSR count). The Morgan fingerprint density at radius 3 is 2.86 bits per heavy atom. The predicted molar refractivity (Wildman–Crippen MR) is 75.5 cm³/mol. The van der Waals surface area contributed by atoms with Crippen molar-refractivity contribution in [2.45, 2.75) is 40.2 Å². The Morgan fingerprint density at radius 1 is 1.43 bits per heavy atom. The molecule has 0 aliphatic rings. The van der Waals surface area contributed by atoms with Gasteiger partial charge in [-0.1, -0.05) is 37.9 Å². The van der Waals surface area contributed by atoms with E-state index in [-0.39, 0.29) is 38.6 Å². The average Bonchev–Trinajstić information content (AvgIpc) is 2.86. The van der Waals surface area contributed by atoms with Crippen LogP contribution in [0.3, 0.4) is 0 Å². The van der Waals surface area contributed by atoms with Gasteiger partial charge in [0.1, 0.15) is 0 Å². The molecule has 6 nitrogen and oxygen atoms in total. The number of hydrogen-bond donors (Lipinski definition) is 1. The van der Waals surface area contributed by atoms with Crippen LogP contribution in [-0.4, -0.2) is 26.1 Å². The van der Waals surface area contributed by atoms with Gasteiger partial charge < -0.3 is 0 Å². The van der Waals surface area contributed by atoms with E-state index in [1.807, 2.05) is 20.8 Å². The van der Waals surface area contributed by atoms with Crippen LogP contribution in [0.15, 0.2) is 12.1 Å². The van der Waals surface area contributed by atoms with Crippen LogP contribution in [0.4, 0.5) is 5.95 Å². The quantitative estimate of drug-likeness (QED) is 0.827. The van der Waals surface area contributed by atoms with Crippen LogP contribution in [0, 0.1) is 13.0 Å². The molecule has 0 unspecified atom stereocenters. The first kappa shape index (κ1) is 17.9. The summed E-state index contributed by atoms with van der Waals surface area (Å²) in [5.41, 5.74) is 2.62. The number of aromatic nitrogens is 4. The zero-order chi connectivity index (χ0) is 14.5. The molecule has 1 amide bonds. The van der Waals surface area contributed by atoms with Crippen LogP contribution in [0.25, 0.3) is 0 Å². The SMILES string of the molecule is CCCn1nnnc1NC(=O)c1cc[c-]c(CC)c1C.[Y]. The Hall–Kier alpha value is -1.14. The molecule has 1 N–H and O–H groups in total. The Labute approximate surface area is 149 Å². The van der Waals surface area contributed by atoms with Crippen LogP contribution >= 0.6 is 0 Å². The molecule has 0 saturated heterocycles. The number of hydrogen-bond acceptors (Lipinski definition) is 4. The minimum absolute atomic E-state index is 0. The third-order valence-electron chi connectivity index (χ3n) is 3.16. The number of carbonyl (C=O) groups excluding carboxylic acids is 1. The van der Waals surface area contributed by atoms with Crippen molar-refractivity contribution in [3.63, 3.8) is 0 Å². The fourth-order valence-corrected chi connectivity index (χ4v) is 2.06. The molecule has 1 heterocycles. The topological polar surface area (TPSA) is 72.7 Å². The van der Waals surface area contributed by atoms with Crippen molar-refractivity contribution >= 4 is 11.9 Å². The number of rotatable bonds is 5. The van der Waals surface area contributed by atoms with Gasteiger partial charge in [0.05, 0.1) is 0 Å². The van der Waals surface area contributed by atoms with Crippen LogP contribution in [0.2, 0.25) is 0 Å².